The number of halogens is 3. The summed E-state index contributed by atoms with van der Waals surface area (Å²) in [5.74, 6) is -5.57. The number of anilines is 3. The molecule has 4 aromatic rings. The van der Waals surface area contributed by atoms with E-state index in [9.17, 15) is 18.4 Å². The molecule has 13 heteroatoms. The second kappa shape index (κ2) is 12.4. The predicted molar refractivity (Wildman–Crippen MR) is 186 cm³/mol. The lowest BCUT2D eigenvalue weighted by Crippen LogP contribution is -2.64. The van der Waals surface area contributed by atoms with E-state index in [1.165, 1.54) is 19.3 Å². The number of pyridine rings is 2. The summed E-state index contributed by atoms with van der Waals surface area (Å²) in [5.41, 5.74) is 1.65. The minimum absolute atomic E-state index is 0.0148. The maximum Gasteiger partial charge on any atom is 0.254 e. The Morgan fingerprint density at radius 2 is 1.72 bits per heavy atom. The van der Waals surface area contributed by atoms with Crippen LogP contribution in [-0.4, -0.2) is 67.4 Å². The van der Waals surface area contributed by atoms with Crippen LogP contribution in [0.1, 0.15) is 95.7 Å². The van der Waals surface area contributed by atoms with E-state index in [0.717, 1.165) is 37.7 Å². The number of carbonyl (C=O) groups is 2. The summed E-state index contributed by atoms with van der Waals surface area (Å²) in [6.45, 7) is 14.0. The number of nitrogens with one attached hydrogen (secondary N) is 2. The molecule has 1 saturated heterocycles. The van der Waals surface area contributed by atoms with E-state index in [-0.39, 0.29) is 35.9 Å². The zero-order valence-electron chi connectivity index (χ0n) is 29.3. The van der Waals surface area contributed by atoms with E-state index >= 15 is 4.39 Å². The molecule has 10 nitrogen and oxygen atoms in total. The van der Waals surface area contributed by atoms with Gasteiger partial charge < -0.3 is 20.1 Å². The summed E-state index contributed by atoms with van der Waals surface area (Å²) in [6.07, 6.45) is 8.72. The van der Waals surface area contributed by atoms with Crippen molar-refractivity contribution in [3.63, 3.8) is 0 Å². The van der Waals surface area contributed by atoms with Gasteiger partial charge in [-0.3, -0.25) is 19.5 Å². The molecular formula is C37H43F3N8O2. The number of piperidine rings is 1. The third-order valence-corrected chi connectivity index (χ3v) is 10.7. The van der Waals surface area contributed by atoms with Crippen molar-refractivity contribution in [2.75, 3.05) is 29.9 Å². The van der Waals surface area contributed by atoms with Gasteiger partial charge in [0.1, 0.15) is 5.52 Å². The first-order chi connectivity index (χ1) is 23.7. The van der Waals surface area contributed by atoms with Crippen LogP contribution in [0, 0.1) is 17.5 Å². The molecule has 1 aromatic carbocycles. The fourth-order valence-electron chi connectivity index (χ4n) is 7.89. The largest absolute Gasteiger partial charge is 0.352 e. The van der Waals surface area contributed by atoms with Crippen molar-refractivity contribution < 1.29 is 22.8 Å². The van der Waals surface area contributed by atoms with Gasteiger partial charge in [-0.25, -0.2) is 23.1 Å². The summed E-state index contributed by atoms with van der Waals surface area (Å²) in [6, 6.07) is 4.61. The number of carbonyl (C=O) groups excluding carboxylic acids is 2. The molecule has 0 radical (unpaired) electrons. The quantitative estimate of drug-likeness (QED) is 0.192. The van der Waals surface area contributed by atoms with E-state index < -0.39 is 40.0 Å². The number of fused-ring (bicyclic) bond motifs is 2. The van der Waals surface area contributed by atoms with Gasteiger partial charge >= 0.3 is 0 Å². The Balaban J connectivity index is 1.29. The molecule has 2 fully saturated rings. The van der Waals surface area contributed by atoms with E-state index in [0.29, 0.717) is 28.0 Å². The average Bonchev–Trinajstić information content (AvgIpc) is 3.60. The predicted octanol–water partition coefficient (Wildman–Crippen LogP) is 7.02. The Hall–Kier alpha value is -4.52. The highest BCUT2D eigenvalue weighted by Crippen LogP contribution is 2.50. The van der Waals surface area contributed by atoms with Gasteiger partial charge in [-0.05, 0) is 98.5 Å². The Morgan fingerprint density at radius 1 is 1.00 bits per heavy atom. The number of aromatic nitrogens is 4. The highest BCUT2D eigenvalue weighted by Gasteiger charge is 2.54. The maximum absolute atomic E-state index is 15.3. The molecule has 2 N–H and O–H groups in total. The number of likely N-dealkylation sites (tertiary alicyclic amines) is 1. The number of imidazole rings is 1. The molecule has 3 aromatic heterocycles. The minimum Gasteiger partial charge on any atom is -0.352 e. The van der Waals surface area contributed by atoms with Crippen LogP contribution in [0.3, 0.4) is 0 Å². The number of rotatable bonds is 8. The molecule has 2 aliphatic heterocycles. The van der Waals surface area contributed by atoms with Crippen molar-refractivity contribution in [1.29, 1.82) is 0 Å². The third-order valence-electron chi connectivity index (χ3n) is 10.7. The van der Waals surface area contributed by atoms with Gasteiger partial charge in [-0.2, -0.15) is 0 Å². The van der Waals surface area contributed by atoms with Gasteiger partial charge in [0.2, 0.25) is 5.91 Å². The molecule has 1 saturated carbocycles. The van der Waals surface area contributed by atoms with Crippen molar-refractivity contribution in [3.05, 3.63) is 59.4 Å². The monoisotopic (exact) mass is 688 g/mol. The molecule has 50 heavy (non-hydrogen) atoms. The van der Waals surface area contributed by atoms with Crippen LogP contribution in [0.15, 0.2) is 30.7 Å². The van der Waals surface area contributed by atoms with Crippen molar-refractivity contribution in [3.8, 4) is 11.3 Å². The SMILES string of the molecule is CCNC(=O)c1cc(Nc2nc(-c3cnc4c(c3)N([C@H]3C[C@@](C)(N5CCCCC5)C3)C(=O)C4(C)C)cc3ncn(C(C)C)c23)c(F)c(F)c1F. The number of hydrogen-bond acceptors (Lipinski definition) is 7. The summed E-state index contributed by atoms with van der Waals surface area (Å²) >= 11 is 0. The number of nitrogens with zero attached hydrogens (tertiary/aromatic N) is 6. The van der Waals surface area contributed by atoms with Gasteiger partial charge in [-0.1, -0.05) is 6.42 Å². The first-order valence-corrected chi connectivity index (χ1v) is 17.4. The molecule has 0 spiro atoms. The van der Waals surface area contributed by atoms with Crippen molar-refractivity contribution in [1.82, 2.24) is 29.7 Å². The summed E-state index contributed by atoms with van der Waals surface area (Å²) in [5, 5.41) is 5.27. The molecule has 0 atom stereocenters. The first kappa shape index (κ1) is 34.0. The van der Waals surface area contributed by atoms with Crippen LogP contribution in [-0.2, 0) is 10.2 Å². The molecule has 5 heterocycles. The molecule has 3 aliphatic rings. The Labute approximate surface area is 289 Å². The molecule has 0 unspecified atom stereocenters. The summed E-state index contributed by atoms with van der Waals surface area (Å²) in [7, 11) is 0. The third kappa shape index (κ3) is 5.41. The standard InChI is InChI=1S/C37H43F3N8O2/c1-7-41-34(49)23-14-25(29(39)30(40)28(23)38)45-33-31-26(43-19-47(31)20(2)3)15-24(44-33)21-13-27-32(42-18-21)36(4,5)35(50)48(27)22-16-37(6,17-22)46-11-9-8-10-12-46/h13-15,18-20,22H,7-12,16-17H2,1-6H3,(H,41,49)(H,44,45)/t22-,37+. The maximum atomic E-state index is 15.3. The number of amides is 2. The molecule has 7 rings (SSSR count). The normalized spacial score (nSPS) is 21.8. The summed E-state index contributed by atoms with van der Waals surface area (Å²) in [4.78, 5) is 45.2. The van der Waals surface area contributed by atoms with Gasteiger partial charge in [0.25, 0.3) is 5.91 Å². The van der Waals surface area contributed by atoms with Gasteiger partial charge in [-0.15, -0.1) is 0 Å². The van der Waals surface area contributed by atoms with Crippen LogP contribution in [0.2, 0.25) is 0 Å². The van der Waals surface area contributed by atoms with E-state index in [1.54, 1.807) is 25.5 Å². The van der Waals surface area contributed by atoms with Crippen LogP contribution >= 0.6 is 0 Å². The van der Waals surface area contributed by atoms with Crippen LogP contribution in [0.25, 0.3) is 22.3 Å². The van der Waals surface area contributed by atoms with Crippen LogP contribution in [0.4, 0.5) is 30.4 Å². The Kier molecular flexibility index (Phi) is 8.39. The van der Waals surface area contributed by atoms with E-state index in [1.807, 2.05) is 43.2 Å². The van der Waals surface area contributed by atoms with Crippen LogP contribution < -0.4 is 15.5 Å². The summed E-state index contributed by atoms with van der Waals surface area (Å²) < 4.78 is 46.6. The first-order valence-electron chi connectivity index (χ1n) is 17.4. The average molecular weight is 689 g/mol. The molecule has 0 bridgehead atoms. The Morgan fingerprint density at radius 3 is 2.40 bits per heavy atom. The lowest BCUT2D eigenvalue weighted by atomic mass is 9.71. The van der Waals surface area contributed by atoms with Crippen molar-refractivity contribution in [2.24, 2.45) is 0 Å². The van der Waals surface area contributed by atoms with E-state index in [4.69, 9.17) is 9.97 Å². The number of benzene rings is 1. The second-order valence-corrected chi connectivity index (χ2v) is 14.9. The zero-order chi connectivity index (χ0) is 35.7. The zero-order valence-corrected chi connectivity index (χ0v) is 29.3. The van der Waals surface area contributed by atoms with Gasteiger partial charge in [0.15, 0.2) is 23.3 Å². The second-order valence-electron chi connectivity index (χ2n) is 14.9. The lowest BCUT2D eigenvalue weighted by molar-refractivity contribution is -0.123. The minimum atomic E-state index is -1.77. The molecule has 2 amide bonds. The van der Waals surface area contributed by atoms with Gasteiger partial charge in [0, 0.05) is 35.9 Å². The van der Waals surface area contributed by atoms with Crippen molar-refractivity contribution >= 4 is 40.0 Å². The smallest absolute Gasteiger partial charge is 0.254 e. The highest BCUT2D eigenvalue weighted by atomic mass is 19.2. The van der Waals surface area contributed by atoms with Gasteiger partial charge in [0.05, 0.1) is 45.6 Å². The van der Waals surface area contributed by atoms with Crippen LogP contribution in [0.5, 0.6) is 0 Å². The molecule has 1 aliphatic carbocycles. The highest BCUT2D eigenvalue weighted by molar-refractivity contribution is 6.08. The van der Waals surface area contributed by atoms with Crippen molar-refractivity contribution in [2.45, 2.75) is 96.7 Å². The fourth-order valence-corrected chi connectivity index (χ4v) is 7.89. The Bertz CT molecular complexity index is 2010. The number of hydrogen-bond donors (Lipinski definition) is 2. The fraction of sp³-hybridized carbons (Fsp3) is 0.486. The van der Waals surface area contributed by atoms with E-state index in [2.05, 4.69) is 27.4 Å². The molecule has 264 valence electrons. The molecular weight excluding hydrogens is 645 g/mol. The topological polar surface area (TPSA) is 108 Å². The lowest BCUT2D eigenvalue weighted by Gasteiger charge is -2.55.